The van der Waals surface area contributed by atoms with E-state index in [4.69, 9.17) is 17.3 Å². The molecule has 2 aromatic rings. The first-order valence-electron chi connectivity index (χ1n) is 5.18. The molecule has 0 aliphatic carbocycles. The number of sulfonamides is 1. The maximum Gasteiger partial charge on any atom is 0.264 e. The lowest BCUT2D eigenvalue weighted by molar-refractivity contribution is 0.599. The van der Waals surface area contributed by atoms with Crippen LogP contribution in [0.2, 0.25) is 5.15 Å². The summed E-state index contributed by atoms with van der Waals surface area (Å²) in [6, 6.07) is 4.90. The molecule has 1 aromatic carbocycles. The number of pyridine rings is 1. The number of aromatic nitrogens is 1. The third-order valence-corrected chi connectivity index (χ3v) is 4.59. The Morgan fingerprint density at radius 3 is 2.65 bits per heavy atom. The largest absolute Gasteiger partial charge is 0.398 e. The summed E-state index contributed by atoms with van der Waals surface area (Å²) in [4.78, 5) is 3.51. The van der Waals surface area contributed by atoms with Gasteiger partial charge < -0.3 is 5.73 Å². The van der Waals surface area contributed by atoms with Crippen LogP contribution in [0.3, 0.4) is 0 Å². The number of hydrogen-bond acceptors (Lipinski definition) is 4. The third-order valence-electron chi connectivity index (χ3n) is 2.32. The average molecular weight is 381 g/mol. The van der Waals surface area contributed by atoms with Crippen LogP contribution in [-0.4, -0.2) is 13.4 Å². The van der Waals surface area contributed by atoms with E-state index < -0.39 is 15.8 Å². The highest BCUT2D eigenvalue weighted by Crippen LogP contribution is 2.27. The molecule has 0 amide bonds. The number of rotatable bonds is 3. The Hall–Kier alpha value is -1.38. The molecule has 0 atom stereocenters. The Morgan fingerprint density at radius 2 is 2.05 bits per heavy atom. The van der Waals surface area contributed by atoms with Crippen molar-refractivity contribution in [1.82, 2.24) is 4.98 Å². The molecule has 20 heavy (non-hydrogen) atoms. The van der Waals surface area contributed by atoms with Crippen molar-refractivity contribution in [2.75, 3.05) is 10.5 Å². The molecule has 1 aromatic heterocycles. The van der Waals surface area contributed by atoms with Crippen LogP contribution in [0, 0.1) is 5.82 Å². The van der Waals surface area contributed by atoms with Gasteiger partial charge in [0.25, 0.3) is 10.0 Å². The zero-order chi connectivity index (χ0) is 14.9. The summed E-state index contributed by atoms with van der Waals surface area (Å²) in [5.74, 6) is -0.644. The number of anilines is 2. The van der Waals surface area contributed by atoms with Crippen LogP contribution in [-0.2, 0) is 10.0 Å². The molecule has 0 saturated heterocycles. The Bertz CT molecular complexity index is 753. The number of nitrogens with two attached hydrogens (primary N) is 1. The predicted molar refractivity (Wildman–Crippen MR) is 78.6 cm³/mol. The van der Waals surface area contributed by atoms with E-state index in [1.807, 2.05) is 0 Å². The second-order valence-corrected chi connectivity index (χ2v) is 6.67. The molecule has 0 aliphatic rings. The summed E-state index contributed by atoms with van der Waals surface area (Å²) in [6.07, 6.45) is 1.26. The van der Waals surface area contributed by atoms with Crippen LogP contribution >= 0.6 is 27.5 Å². The van der Waals surface area contributed by atoms with Crippen LogP contribution in [0.25, 0.3) is 0 Å². The van der Waals surface area contributed by atoms with E-state index >= 15 is 0 Å². The van der Waals surface area contributed by atoms with Gasteiger partial charge in [0.1, 0.15) is 15.9 Å². The Balaban J connectivity index is 2.40. The first-order valence-corrected chi connectivity index (χ1v) is 7.84. The molecule has 0 saturated carbocycles. The predicted octanol–water partition coefficient (Wildman–Crippen LogP) is 3.02. The zero-order valence-electron chi connectivity index (χ0n) is 9.77. The average Bonchev–Trinajstić information content (AvgIpc) is 2.36. The maximum absolute atomic E-state index is 13.3. The zero-order valence-corrected chi connectivity index (χ0v) is 12.9. The molecular weight excluding hydrogens is 373 g/mol. The number of nitrogens with one attached hydrogen (secondary N) is 1. The van der Waals surface area contributed by atoms with E-state index in [0.29, 0.717) is 0 Å². The number of halogens is 3. The Morgan fingerprint density at radius 1 is 1.35 bits per heavy atom. The summed E-state index contributed by atoms with van der Waals surface area (Å²) >= 11 is 8.52. The van der Waals surface area contributed by atoms with Crippen molar-refractivity contribution in [2.45, 2.75) is 4.90 Å². The van der Waals surface area contributed by atoms with Crippen molar-refractivity contribution in [3.63, 3.8) is 0 Å². The Kier molecular flexibility index (Phi) is 4.17. The van der Waals surface area contributed by atoms with Gasteiger partial charge in [-0.2, -0.15) is 0 Å². The lowest BCUT2D eigenvalue weighted by Crippen LogP contribution is -2.15. The van der Waals surface area contributed by atoms with Gasteiger partial charge in [-0.3, -0.25) is 4.72 Å². The minimum Gasteiger partial charge on any atom is -0.398 e. The summed E-state index contributed by atoms with van der Waals surface area (Å²) < 4.78 is 39.9. The van der Waals surface area contributed by atoms with Gasteiger partial charge >= 0.3 is 0 Å². The van der Waals surface area contributed by atoms with Crippen molar-refractivity contribution >= 4 is 48.9 Å². The van der Waals surface area contributed by atoms with Crippen LogP contribution < -0.4 is 10.5 Å². The number of benzene rings is 1. The molecular formula is C11H8BrClFN3O2S. The molecule has 0 fully saturated rings. The number of nitrogen functional groups attached to an aromatic ring is 1. The van der Waals surface area contributed by atoms with Crippen molar-refractivity contribution in [2.24, 2.45) is 0 Å². The second-order valence-electron chi connectivity index (χ2n) is 3.78. The summed E-state index contributed by atoms with van der Waals surface area (Å²) in [6.45, 7) is 0. The van der Waals surface area contributed by atoms with Gasteiger partial charge in [-0.15, -0.1) is 0 Å². The fraction of sp³-hybridized carbons (Fsp3) is 0. The number of nitrogens with zero attached hydrogens (tertiary/aromatic N) is 1. The van der Waals surface area contributed by atoms with Gasteiger partial charge in [-0.1, -0.05) is 11.6 Å². The molecule has 1 heterocycles. The highest BCUT2D eigenvalue weighted by atomic mass is 79.9. The van der Waals surface area contributed by atoms with Gasteiger partial charge in [0.05, 0.1) is 22.0 Å². The van der Waals surface area contributed by atoms with Crippen molar-refractivity contribution < 1.29 is 12.8 Å². The summed E-state index contributed by atoms with van der Waals surface area (Å²) in [5, 5.41) is 0.233. The standard InChI is InChI=1S/C11H8BrClFN3O2S/c12-7-3-10(9(15)4-8(7)14)20(18,19)17-6-1-2-11(13)16-5-6/h1-5,17H,15H2. The summed E-state index contributed by atoms with van der Waals surface area (Å²) in [5.41, 5.74) is 5.56. The fourth-order valence-electron chi connectivity index (χ4n) is 1.42. The van der Waals surface area contributed by atoms with Crippen LogP contribution in [0.15, 0.2) is 39.8 Å². The van der Waals surface area contributed by atoms with Crippen LogP contribution in [0.1, 0.15) is 0 Å². The quantitative estimate of drug-likeness (QED) is 0.633. The van der Waals surface area contributed by atoms with Gasteiger partial charge in [-0.25, -0.2) is 17.8 Å². The highest BCUT2D eigenvalue weighted by Gasteiger charge is 2.20. The fourth-order valence-corrected chi connectivity index (χ4v) is 3.21. The van der Waals surface area contributed by atoms with Crippen molar-refractivity contribution in [3.8, 4) is 0 Å². The Labute approximate surface area is 128 Å². The lowest BCUT2D eigenvalue weighted by Gasteiger charge is -2.10. The van der Waals surface area contributed by atoms with Gasteiger partial charge in [0.2, 0.25) is 0 Å². The van der Waals surface area contributed by atoms with Crippen molar-refractivity contribution in [1.29, 1.82) is 0 Å². The molecule has 0 spiro atoms. The molecule has 5 nitrogen and oxygen atoms in total. The molecule has 0 bridgehead atoms. The molecule has 3 N–H and O–H groups in total. The normalized spacial score (nSPS) is 11.3. The molecule has 106 valence electrons. The number of hydrogen-bond donors (Lipinski definition) is 2. The molecule has 9 heteroatoms. The van der Waals surface area contributed by atoms with E-state index in [1.54, 1.807) is 0 Å². The maximum atomic E-state index is 13.3. The van der Waals surface area contributed by atoms with Gasteiger partial charge in [0.15, 0.2) is 0 Å². The second kappa shape index (κ2) is 5.55. The molecule has 0 unspecified atom stereocenters. The van der Waals surface area contributed by atoms with E-state index in [9.17, 15) is 12.8 Å². The lowest BCUT2D eigenvalue weighted by atomic mass is 10.3. The van der Waals surface area contributed by atoms with Crippen LogP contribution in [0.4, 0.5) is 15.8 Å². The van der Waals surface area contributed by atoms with Crippen molar-refractivity contribution in [3.05, 3.63) is 45.9 Å². The first-order chi connectivity index (χ1) is 9.29. The van der Waals surface area contributed by atoms with E-state index in [2.05, 4.69) is 25.6 Å². The van der Waals surface area contributed by atoms with E-state index in [0.717, 1.165) is 12.1 Å². The third kappa shape index (κ3) is 3.20. The van der Waals surface area contributed by atoms with Crippen LogP contribution in [0.5, 0.6) is 0 Å². The van der Waals surface area contributed by atoms with Gasteiger partial charge in [-0.05, 0) is 40.2 Å². The van der Waals surface area contributed by atoms with E-state index in [1.165, 1.54) is 18.3 Å². The molecule has 0 radical (unpaired) electrons. The molecule has 0 aliphatic heterocycles. The summed E-state index contributed by atoms with van der Waals surface area (Å²) in [7, 11) is -3.95. The molecule has 2 rings (SSSR count). The topological polar surface area (TPSA) is 85.1 Å². The minimum absolute atomic E-state index is 0.00121. The van der Waals surface area contributed by atoms with Gasteiger partial charge in [0, 0.05) is 0 Å². The smallest absolute Gasteiger partial charge is 0.264 e. The highest BCUT2D eigenvalue weighted by molar-refractivity contribution is 9.10. The minimum atomic E-state index is -3.95. The SMILES string of the molecule is Nc1cc(F)c(Br)cc1S(=O)(=O)Nc1ccc(Cl)nc1. The van der Waals surface area contributed by atoms with E-state index in [-0.39, 0.29) is 25.9 Å². The monoisotopic (exact) mass is 379 g/mol. The first kappa shape index (κ1) is 15.0.